The zero-order valence-corrected chi connectivity index (χ0v) is 26.6. The number of ether oxygens (including phenoxy) is 1. The van der Waals surface area contributed by atoms with Crippen LogP contribution in [0.4, 0.5) is 4.39 Å². The van der Waals surface area contributed by atoms with Gasteiger partial charge in [0.05, 0.1) is 41.9 Å². The fourth-order valence-electron chi connectivity index (χ4n) is 5.85. The molecule has 0 aliphatic carbocycles. The second-order valence-corrected chi connectivity index (χ2v) is 12.2. The lowest BCUT2D eigenvalue weighted by Gasteiger charge is -2.20. The summed E-state index contributed by atoms with van der Waals surface area (Å²) in [6.45, 7) is 12.1. The van der Waals surface area contributed by atoms with Crippen molar-refractivity contribution in [1.82, 2.24) is 19.2 Å². The minimum Gasteiger partial charge on any atom is -0.478 e. The number of aryl methyl sites for hydroxylation is 1. The van der Waals surface area contributed by atoms with Crippen LogP contribution in [0, 0.1) is 5.82 Å². The molecular weight excluding hydrogens is 583 g/mol. The van der Waals surface area contributed by atoms with E-state index in [1.807, 2.05) is 68.8 Å². The summed E-state index contributed by atoms with van der Waals surface area (Å²) in [6.07, 6.45) is 5.37. The van der Waals surface area contributed by atoms with Gasteiger partial charge < -0.3 is 14.4 Å². The molecule has 46 heavy (non-hydrogen) atoms. The minimum atomic E-state index is -0.582. The highest BCUT2D eigenvalue weighted by Gasteiger charge is 2.25. The zero-order valence-electron chi connectivity index (χ0n) is 26.6. The third-order valence-corrected chi connectivity index (χ3v) is 8.15. The van der Waals surface area contributed by atoms with E-state index in [2.05, 4.69) is 16.7 Å². The van der Waals surface area contributed by atoms with Crippen molar-refractivity contribution in [2.75, 3.05) is 6.61 Å². The summed E-state index contributed by atoms with van der Waals surface area (Å²) < 4.78 is 26.0. The molecule has 10 heteroatoms. The highest BCUT2D eigenvalue weighted by atomic mass is 19.1. The molecule has 0 unspecified atom stereocenters. The van der Waals surface area contributed by atoms with Crippen LogP contribution in [0.3, 0.4) is 0 Å². The highest BCUT2D eigenvalue weighted by molar-refractivity contribution is 5.85. The molecule has 6 rings (SSSR count). The van der Waals surface area contributed by atoms with Gasteiger partial charge in [-0.15, -0.1) is 4.68 Å². The van der Waals surface area contributed by atoms with E-state index in [1.54, 1.807) is 42.3 Å². The topological polar surface area (TPSA) is 98.4 Å². The van der Waals surface area contributed by atoms with E-state index in [0.29, 0.717) is 52.7 Å². The van der Waals surface area contributed by atoms with Crippen molar-refractivity contribution in [3.63, 3.8) is 0 Å². The number of nitrogens with zero attached hydrogens (tertiary/aromatic N) is 6. The second-order valence-electron chi connectivity index (χ2n) is 12.2. The Kier molecular flexibility index (Phi) is 7.99. The van der Waals surface area contributed by atoms with E-state index < -0.39 is 18.0 Å². The van der Waals surface area contributed by atoms with Crippen LogP contribution in [0.15, 0.2) is 83.0 Å². The summed E-state index contributed by atoms with van der Waals surface area (Å²) in [5.74, 6) is -0.0481. The van der Waals surface area contributed by atoms with Crippen molar-refractivity contribution in [2.45, 2.75) is 46.3 Å². The molecule has 0 fully saturated rings. The fourth-order valence-corrected chi connectivity index (χ4v) is 5.85. The molecule has 0 aliphatic rings. The summed E-state index contributed by atoms with van der Waals surface area (Å²) in [5.41, 5.74) is 4.52. The molecule has 0 saturated heterocycles. The first-order valence-electron chi connectivity index (χ1n) is 15.1. The van der Waals surface area contributed by atoms with Gasteiger partial charge in [0.25, 0.3) is 0 Å². The highest BCUT2D eigenvalue weighted by Crippen LogP contribution is 2.31. The standard InChI is InChI=1S/C36H36FN6O3/c1-7-46-32-14-11-22(18-39-32)29-13-12-26-24(17-38-5)20-42(34(26)40-29)30-9-8-10-31(27(30)21-44)43-35(45)33-23(19-41(43)6)15-25(16-28(33)37)36(2,3)4/h8-16,18-20,44H,5,7,17,21H2,1-4,6H3/q+1. The number of halogens is 1. The number of aliphatic hydroxyl groups excluding tert-OH is 1. The molecular formula is C36H36FN6O3+. The molecule has 4 heterocycles. The number of aliphatic hydroxyl groups is 1. The van der Waals surface area contributed by atoms with Gasteiger partial charge in [0.2, 0.25) is 12.1 Å². The number of aromatic nitrogens is 5. The van der Waals surface area contributed by atoms with E-state index in [9.17, 15) is 9.90 Å². The Morgan fingerprint density at radius 1 is 1.11 bits per heavy atom. The summed E-state index contributed by atoms with van der Waals surface area (Å²) >= 11 is 0. The number of aliphatic imine (C=N–C) groups is 1. The predicted molar refractivity (Wildman–Crippen MR) is 178 cm³/mol. The molecule has 4 aromatic heterocycles. The summed E-state index contributed by atoms with van der Waals surface area (Å²) in [4.78, 5) is 27.5. The first kappa shape index (κ1) is 30.8. The quantitative estimate of drug-likeness (QED) is 0.173. The number of pyridine rings is 2. The maximum Gasteiger partial charge on any atom is 0.317 e. The molecule has 0 aliphatic heterocycles. The number of benzene rings is 2. The number of fused-ring (bicyclic) bond motifs is 2. The van der Waals surface area contributed by atoms with Crippen molar-refractivity contribution < 1.29 is 18.9 Å². The molecule has 234 valence electrons. The lowest BCUT2D eigenvalue weighted by Crippen LogP contribution is -2.48. The van der Waals surface area contributed by atoms with Crippen LogP contribution in [-0.2, 0) is 25.6 Å². The molecule has 0 radical (unpaired) electrons. The molecule has 9 nitrogen and oxygen atoms in total. The fraction of sp³-hybridized carbons (Fsp3) is 0.250. The van der Waals surface area contributed by atoms with Gasteiger partial charge in [-0.05, 0) is 67.1 Å². The van der Waals surface area contributed by atoms with Crippen LogP contribution >= 0.6 is 0 Å². The third kappa shape index (κ3) is 5.34. The van der Waals surface area contributed by atoms with Gasteiger partial charge in [-0.25, -0.2) is 14.4 Å². The van der Waals surface area contributed by atoms with Crippen molar-refractivity contribution in [3.05, 3.63) is 106 Å². The van der Waals surface area contributed by atoms with E-state index in [4.69, 9.17) is 9.72 Å². The molecule has 0 atom stereocenters. The first-order valence-corrected chi connectivity index (χ1v) is 15.1. The Morgan fingerprint density at radius 3 is 2.57 bits per heavy atom. The largest absolute Gasteiger partial charge is 0.478 e. The third-order valence-electron chi connectivity index (χ3n) is 8.15. The maximum absolute atomic E-state index is 15.6. The summed E-state index contributed by atoms with van der Waals surface area (Å²) in [5, 5.41) is 12.2. The van der Waals surface area contributed by atoms with Crippen LogP contribution < -0.4 is 15.0 Å². The average molecular weight is 620 g/mol. The summed E-state index contributed by atoms with van der Waals surface area (Å²) in [7, 11) is 1.73. The Labute approximate surface area is 265 Å². The van der Waals surface area contributed by atoms with Gasteiger partial charge in [0, 0.05) is 40.5 Å². The molecule has 0 saturated carbocycles. The Balaban J connectivity index is 1.56. The van der Waals surface area contributed by atoms with Crippen molar-refractivity contribution >= 4 is 28.5 Å². The van der Waals surface area contributed by atoms with Crippen LogP contribution in [-0.4, -0.2) is 37.6 Å². The van der Waals surface area contributed by atoms with Gasteiger partial charge in [-0.3, -0.25) is 9.79 Å². The minimum absolute atomic E-state index is 0.0126. The van der Waals surface area contributed by atoms with Crippen molar-refractivity contribution in [3.8, 4) is 28.5 Å². The van der Waals surface area contributed by atoms with E-state index in [-0.39, 0.29) is 10.8 Å². The smallest absolute Gasteiger partial charge is 0.317 e. The number of rotatable bonds is 8. The van der Waals surface area contributed by atoms with Gasteiger partial charge in [0.1, 0.15) is 17.2 Å². The molecule has 2 aromatic carbocycles. The van der Waals surface area contributed by atoms with Crippen LogP contribution in [0.1, 0.15) is 44.4 Å². The average Bonchev–Trinajstić information content (AvgIpc) is 3.38. The lowest BCUT2D eigenvalue weighted by atomic mass is 9.86. The van der Waals surface area contributed by atoms with Crippen molar-refractivity contribution in [2.24, 2.45) is 12.0 Å². The molecule has 6 aromatic rings. The zero-order chi connectivity index (χ0) is 32.7. The predicted octanol–water partition coefficient (Wildman–Crippen LogP) is 5.74. The van der Waals surface area contributed by atoms with E-state index >= 15 is 4.39 Å². The molecule has 1 N–H and O–H groups in total. The van der Waals surface area contributed by atoms with Crippen LogP contribution in [0.25, 0.3) is 44.4 Å². The number of hydrogen-bond donors (Lipinski definition) is 1. The van der Waals surface area contributed by atoms with Gasteiger partial charge in [0.15, 0.2) is 7.05 Å². The Bertz CT molecular complexity index is 2180. The molecule has 0 spiro atoms. The van der Waals surface area contributed by atoms with E-state index in [0.717, 1.165) is 22.1 Å². The second kappa shape index (κ2) is 11.9. The van der Waals surface area contributed by atoms with Crippen molar-refractivity contribution in [1.29, 1.82) is 0 Å². The SMILES string of the molecule is C=NCc1cn(-c2cccc(-n3c(=O)c4c(F)cc(C(C)(C)C)cc4c[n+]3C)c2CO)c2nc(-c3ccc(OCC)nc3)ccc12. The molecule has 0 amide bonds. The number of hydrogen-bond acceptors (Lipinski definition) is 6. The summed E-state index contributed by atoms with van der Waals surface area (Å²) in [6, 6.07) is 16.3. The maximum atomic E-state index is 15.6. The first-order chi connectivity index (χ1) is 22.0. The van der Waals surface area contributed by atoms with E-state index in [1.165, 1.54) is 10.7 Å². The Hall–Kier alpha value is -5.22. The van der Waals surface area contributed by atoms with Gasteiger partial charge in [-0.1, -0.05) is 31.5 Å². The van der Waals surface area contributed by atoms with Gasteiger partial charge in [-0.2, -0.15) is 0 Å². The van der Waals surface area contributed by atoms with Crippen LogP contribution in [0.5, 0.6) is 5.88 Å². The normalized spacial score (nSPS) is 11.8. The van der Waals surface area contributed by atoms with Crippen LogP contribution in [0.2, 0.25) is 0 Å². The van der Waals surface area contributed by atoms with Gasteiger partial charge >= 0.3 is 5.56 Å². The molecule has 0 bridgehead atoms. The lowest BCUT2D eigenvalue weighted by molar-refractivity contribution is -0.748. The monoisotopic (exact) mass is 619 g/mol. The Morgan fingerprint density at radius 2 is 1.89 bits per heavy atom.